The molecule has 0 saturated carbocycles. The number of carbonyl (C=O) groups excluding carboxylic acids is 5. The Morgan fingerprint density at radius 2 is 1.45 bits per heavy atom. The Bertz CT molecular complexity index is 1640. The SMILES string of the molecule is CC(=O)OC[C@@H](OC(C)=O)[C@@H](OC(C)=O)[C@H](Cn1c2nc(=O)[nH]c(=O)c-2cc2cc(C)c(OC(C)=O)cc21)OC(C)=O. The Balaban J connectivity index is 2.33. The number of ether oxygens (including phenoxy) is 5. The summed E-state index contributed by atoms with van der Waals surface area (Å²) in [4.78, 5) is 90.7. The molecular weight excluding hydrogens is 558 g/mol. The van der Waals surface area contributed by atoms with Gasteiger partial charge in [-0.05, 0) is 30.0 Å². The summed E-state index contributed by atoms with van der Waals surface area (Å²) in [6, 6.07) is 4.57. The predicted octanol–water partition coefficient (Wildman–Crippen LogP) is 0.782. The first kappa shape index (κ1) is 31.4. The summed E-state index contributed by atoms with van der Waals surface area (Å²) in [5, 5.41) is 0.448. The van der Waals surface area contributed by atoms with Crippen molar-refractivity contribution in [3.05, 3.63) is 44.6 Å². The number of nitrogens with one attached hydrogen (secondary N) is 1. The Kier molecular flexibility index (Phi) is 9.78. The van der Waals surface area contributed by atoms with Crippen LogP contribution in [0.15, 0.2) is 27.8 Å². The van der Waals surface area contributed by atoms with Crippen LogP contribution in [0.5, 0.6) is 5.75 Å². The lowest BCUT2D eigenvalue weighted by Gasteiger charge is -2.33. The Morgan fingerprint density at radius 3 is 2.02 bits per heavy atom. The monoisotopic (exact) mass is 587 g/mol. The third-order valence-corrected chi connectivity index (χ3v) is 5.82. The maximum absolute atomic E-state index is 12.8. The van der Waals surface area contributed by atoms with Crippen LogP contribution in [-0.4, -0.2) is 69.3 Å². The molecule has 2 aliphatic rings. The van der Waals surface area contributed by atoms with Crippen molar-refractivity contribution in [1.29, 1.82) is 0 Å². The van der Waals surface area contributed by atoms with Crippen molar-refractivity contribution in [2.45, 2.75) is 66.4 Å². The van der Waals surface area contributed by atoms with Gasteiger partial charge in [-0.2, -0.15) is 4.98 Å². The Labute approximate surface area is 238 Å². The van der Waals surface area contributed by atoms with Gasteiger partial charge in [-0.15, -0.1) is 0 Å². The molecule has 3 atom stereocenters. The number of hydrogen-bond donors (Lipinski definition) is 1. The first-order valence-corrected chi connectivity index (χ1v) is 12.6. The number of aromatic amines is 1. The van der Waals surface area contributed by atoms with Crippen molar-refractivity contribution in [2.24, 2.45) is 0 Å². The molecule has 3 rings (SSSR count). The number of esters is 5. The molecule has 15 heteroatoms. The molecule has 2 aliphatic heterocycles. The van der Waals surface area contributed by atoms with Crippen molar-refractivity contribution in [2.75, 3.05) is 6.61 Å². The highest BCUT2D eigenvalue weighted by Gasteiger charge is 2.39. The molecule has 224 valence electrons. The molecule has 1 aromatic carbocycles. The maximum atomic E-state index is 12.8. The van der Waals surface area contributed by atoms with Gasteiger partial charge in [0, 0.05) is 40.7 Å². The van der Waals surface area contributed by atoms with Crippen LogP contribution >= 0.6 is 0 Å². The molecule has 0 amide bonds. The van der Waals surface area contributed by atoms with E-state index in [1.165, 1.54) is 23.6 Å². The largest absolute Gasteiger partial charge is 0.462 e. The topological polar surface area (TPSA) is 199 Å². The Morgan fingerprint density at radius 1 is 0.833 bits per heavy atom. The van der Waals surface area contributed by atoms with Gasteiger partial charge >= 0.3 is 35.5 Å². The quantitative estimate of drug-likeness (QED) is 0.151. The molecule has 42 heavy (non-hydrogen) atoms. The third kappa shape index (κ3) is 7.77. The van der Waals surface area contributed by atoms with Crippen LogP contribution in [0.3, 0.4) is 0 Å². The van der Waals surface area contributed by atoms with Gasteiger partial charge in [-0.25, -0.2) is 4.79 Å². The van der Waals surface area contributed by atoms with E-state index < -0.39 is 72.6 Å². The van der Waals surface area contributed by atoms with Crippen molar-refractivity contribution in [3.8, 4) is 17.1 Å². The van der Waals surface area contributed by atoms with Crippen LogP contribution in [0.2, 0.25) is 0 Å². The molecule has 0 aliphatic carbocycles. The zero-order valence-electron chi connectivity index (χ0n) is 23.7. The molecular formula is C27H29N3O12. The van der Waals surface area contributed by atoms with Crippen LogP contribution in [0, 0.1) is 6.92 Å². The summed E-state index contributed by atoms with van der Waals surface area (Å²) in [6.07, 6.45) is -4.44. The van der Waals surface area contributed by atoms with E-state index in [2.05, 4.69) is 9.97 Å². The minimum absolute atomic E-state index is 0.0104. The number of nitrogens with zero attached hydrogens (tertiary/aromatic N) is 2. The second-order valence-electron chi connectivity index (χ2n) is 9.31. The van der Waals surface area contributed by atoms with E-state index in [0.717, 1.165) is 27.7 Å². The van der Waals surface area contributed by atoms with E-state index in [1.54, 1.807) is 13.0 Å². The number of aryl methyl sites for hydroxylation is 1. The van der Waals surface area contributed by atoms with Crippen LogP contribution in [0.25, 0.3) is 22.3 Å². The average molecular weight is 588 g/mol. The van der Waals surface area contributed by atoms with Gasteiger partial charge in [-0.3, -0.25) is 33.8 Å². The van der Waals surface area contributed by atoms with Crippen LogP contribution in [0.4, 0.5) is 0 Å². The lowest BCUT2D eigenvalue weighted by molar-refractivity contribution is -0.190. The number of hydrogen-bond acceptors (Lipinski definition) is 13. The molecule has 0 unspecified atom stereocenters. The van der Waals surface area contributed by atoms with Gasteiger partial charge in [-0.1, -0.05) is 0 Å². The van der Waals surface area contributed by atoms with E-state index in [9.17, 15) is 33.6 Å². The van der Waals surface area contributed by atoms with E-state index in [4.69, 9.17) is 23.7 Å². The van der Waals surface area contributed by atoms with Crippen molar-refractivity contribution >= 4 is 40.7 Å². The number of H-pyrrole nitrogens is 1. The smallest absolute Gasteiger partial charge is 0.349 e. The number of fused-ring (bicyclic) bond motifs is 2. The average Bonchev–Trinajstić information content (AvgIpc) is 2.85. The summed E-state index contributed by atoms with van der Waals surface area (Å²) < 4.78 is 27.9. The first-order valence-electron chi connectivity index (χ1n) is 12.6. The highest BCUT2D eigenvalue weighted by Crippen LogP contribution is 2.31. The molecule has 0 radical (unpaired) electrons. The van der Waals surface area contributed by atoms with Gasteiger partial charge in [0.2, 0.25) is 0 Å². The summed E-state index contributed by atoms with van der Waals surface area (Å²) in [6.45, 7) is 6.22. The second kappa shape index (κ2) is 13.1. The number of pyridine rings is 1. The maximum Gasteiger partial charge on any atom is 0.349 e. The van der Waals surface area contributed by atoms with E-state index in [-0.39, 0.29) is 22.7 Å². The fourth-order valence-corrected chi connectivity index (χ4v) is 4.35. The van der Waals surface area contributed by atoms with Crippen molar-refractivity contribution in [1.82, 2.24) is 14.5 Å². The molecule has 0 bridgehead atoms. The highest BCUT2D eigenvalue weighted by molar-refractivity contribution is 5.88. The van der Waals surface area contributed by atoms with Crippen LogP contribution in [0.1, 0.15) is 40.2 Å². The first-order chi connectivity index (χ1) is 19.7. The third-order valence-electron chi connectivity index (χ3n) is 5.82. The molecule has 1 aromatic rings. The Hall–Kier alpha value is -5.08. The number of aromatic nitrogens is 3. The van der Waals surface area contributed by atoms with E-state index in [1.807, 2.05) is 0 Å². The van der Waals surface area contributed by atoms with Gasteiger partial charge in [0.15, 0.2) is 24.1 Å². The zero-order chi connectivity index (χ0) is 31.3. The minimum atomic E-state index is -1.54. The number of rotatable bonds is 10. The van der Waals surface area contributed by atoms with Gasteiger partial charge in [0.05, 0.1) is 17.6 Å². The highest BCUT2D eigenvalue weighted by atomic mass is 16.6. The summed E-state index contributed by atoms with van der Waals surface area (Å²) in [7, 11) is 0. The van der Waals surface area contributed by atoms with Crippen LogP contribution in [-0.2, 0) is 49.5 Å². The standard InChI is InChI=1S/C27H29N3O12/c1-12-7-18-8-19-25(28-27(37)29-26(19)36)30(20(18)9-21(12)39-14(3)32)10-22(40-15(4)33)24(42-17(6)35)23(41-16(5)34)11-38-13(2)31/h7-9,22-24H,10-11H2,1-6H3,(H,29,36,37)/t22-,23+,24-/m0/s1. The fourth-order valence-electron chi connectivity index (χ4n) is 4.35. The van der Waals surface area contributed by atoms with Gasteiger partial charge < -0.3 is 28.3 Å². The number of benzene rings is 1. The minimum Gasteiger partial charge on any atom is -0.462 e. The molecule has 15 nitrogen and oxygen atoms in total. The summed E-state index contributed by atoms with van der Waals surface area (Å²) in [5.74, 6) is -3.83. The molecule has 2 heterocycles. The number of carbonyl (C=O) groups is 5. The molecule has 0 aromatic heterocycles. The predicted molar refractivity (Wildman–Crippen MR) is 143 cm³/mol. The second-order valence-corrected chi connectivity index (χ2v) is 9.31. The molecule has 0 spiro atoms. The molecule has 1 N–H and O–H groups in total. The zero-order valence-corrected chi connectivity index (χ0v) is 23.7. The van der Waals surface area contributed by atoms with E-state index in [0.29, 0.717) is 10.9 Å². The lowest BCUT2D eigenvalue weighted by Crippen LogP contribution is -2.49. The molecule has 0 saturated heterocycles. The van der Waals surface area contributed by atoms with Crippen LogP contribution < -0.4 is 16.0 Å². The van der Waals surface area contributed by atoms with Crippen molar-refractivity contribution in [3.63, 3.8) is 0 Å². The summed E-state index contributed by atoms with van der Waals surface area (Å²) in [5.41, 5.74) is -0.913. The normalized spacial score (nSPS) is 13.1. The van der Waals surface area contributed by atoms with Gasteiger partial charge in [0.25, 0.3) is 5.56 Å². The van der Waals surface area contributed by atoms with Crippen molar-refractivity contribution < 1.29 is 47.7 Å². The molecule has 0 fully saturated rings. The summed E-state index contributed by atoms with van der Waals surface area (Å²) >= 11 is 0. The fraction of sp³-hybridized carbons (Fsp3) is 0.407. The van der Waals surface area contributed by atoms with Gasteiger partial charge in [0.1, 0.15) is 12.4 Å². The van der Waals surface area contributed by atoms with E-state index >= 15 is 0 Å². The lowest BCUT2D eigenvalue weighted by atomic mass is 10.0.